The lowest BCUT2D eigenvalue weighted by Crippen LogP contribution is -2.07. The van der Waals surface area contributed by atoms with Crippen molar-refractivity contribution in [2.75, 3.05) is 7.05 Å². The zero-order chi connectivity index (χ0) is 13.8. The second kappa shape index (κ2) is 5.76. The lowest BCUT2D eigenvalue weighted by molar-refractivity contribution is -0.137. The third-order valence-electron chi connectivity index (χ3n) is 2.38. The maximum absolute atomic E-state index is 12.4. The summed E-state index contributed by atoms with van der Waals surface area (Å²) in [6, 6.07) is 5.10. The minimum atomic E-state index is -4.29. The Kier molecular flexibility index (Phi) is 4.59. The van der Waals surface area contributed by atoms with Gasteiger partial charge in [0, 0.05) is 12.7 Å². The summed E-state index contributed by atoms with van der Waals surface area (Å²) < 4.78 is 37.3. The minimum Gasteiger partial charge on any atom is -0.388 e. The average molecular weight is 255 g/mol. The van der Waals surface area contributed by atoms with Gasteiger partial charge < -0.3 is 5.32 Å². The third kappa shape index (κ3) is 3.95. The Balaban J connectivity index is 3.03. The summed E-state index contributed by atoms with van der Waals surface area (Å²) in [6.07, 6.45) is -0.538. The second-order valence-corrected chi connectivity index (χ2v) is 4.15. The van der Waals surface area contributed by atoms with Gasteiger partial charge in [-0.1, -0.05) is 23.8 Å². The van der Waals surface area contributed by atoms with Crippen LogP contribution in [0.2, 0.25) is 0 Å². The molecule has 1 rings (SSSR count). The summed E-state index contributed by atoms with van der Waals surface area (Å²) in [5.74, 6) is 0. The van der Waals surface area contributed by atoms with Crippen molar-refractivity contribution < 1.29 is 13.2 Å². The van der Waals surface area contributed by atoms with Crippen LogP contribution in [0.1, 0.15) is 25.0 Å². The molecule has 0 aliphatic rings. The topological polar surface area (TPSA) is 12.0 Å². The first kappa shape index (κ1) is 14.4. The molecule has 0 saturated carbocycles. The number of benzene rings is 1. The van der Waals surface area contributed by atoms with E-state index in [0.717, 1.165) is 29.0 Å². The number of alkyl halides is 3. The highest BCUT2D eigenvalue weighted by molar-refractivity contribution is 5.65. The first-order chi connectivity index (χ1) is 8.34. The van der Waals surface area contributed by atoms with Gasteiger partial charge >= 0.3 is 6.18 Å². The molecule has 0 radical (unpaired) electrons. The van der Waals surface area contributed by atoms with Gasteiger partial charge in [0.25, 0.3) is 0 Å². The smallest absolute Gasteiger partial charge is 0.388 e. The molecule has 0 aliphatic heterocycles. The first-order valence-corrected chi connectivity index (χ1v) is 5.55. The van der Waals surface area contributed by atoms with Crippen LogP contribution in [0.25, 0.3) is 5.70 Å². The van der Waals surface area contributed by atoms with Crippen LogP contribution in [0.5, 0.6) is 0 Å². The van der Waals surface area contributed by atoms with Crippen molar-refractivity contribution in [3.63, 3.8) is 0 Å². The Bertz CT molecular complexity index is 449. The zero-order valence-electron chi connectivity index (χ0n) is 10.6. The summed E-state index contributed by atoms with van der Waals surface area (Å²) >= 11 is 0. The molecular weight excluding hydrogens is 239 g/mol. The van der Waals surface area contributed by atoms with E-state index in [-0.39, 0.29) is 0 Å². The van der Waals surface area contributed by atoms with Gasteiger partial charge in [0.05, 0.1) is 5.56 Å². The molecule has 1 aromatic carbocycles. The normalized spacial score (nSPS) is 12.2. The van der Waals surface area contributed by atoms with Crippen molar-refractivity contribution in [3.05, 3.63) is 53.1 Å². The lowest BCUT2D eigenvalue weighted by atomic mass is 10.1. The van der Waals surface area contributed by atoms with Crippen LogP contribution in [-0.2, 0) is 6.18 Å². The quantitative estimate of drug-likeness (QED) is 0.797. The molecule has 0 amide bonds. The summed E-state index contributed by atoms with van der Waals surface area (Å²) in [5, 5.41) is 2.97. The maximum atomic E-state index is 12.4. The van der Waals surface area contributed by atoms with Crippen LogP contribution in [0, 0.1) is 0 Å². The molecule has 0 atom stereocenters. The van der Waals surface area contributed by atoms with Crippen molar-refractivity contribution in [1.29, 1.82) is 0 Å². The molecule has 0 fully saturated rings. The van der Waals surface area contributed by atoms with Gasteiger partial charge in [0.2, 0.25) is 0 Å². The van der Waals surface area contributed by atoms with Crippen LogP contribution in [-0.4, -0.2) is 7.05 Å². The molecule has 1 N–H and O–H groups in total. The van der Waals surface area contributed by atoms with Gasteiger partial charge in [-0.15, -0.1) is 0 Å². The molecular formula is C14H16F3N. The third-order valence-corrected chi connectivity index (χ3v) is 2.38. The van der Waals surface area contributed by atoms with Gasteiger partial charge in [0.15, 0.2) is 0 Å². The molecule has 0 unspecified atom stereocenters. The molecule has 0 saturated heterocycles. The van der Waals surface area contributed by atoms with Gasteiger partial charge in [-0.3, -0.25) is 0 Å². The SMILES string of the molecule is CN/C(=C\C=C(C)C)c1ccc(C(F)(F)F)cc1. The van der Waals surface area contributed by atoms with Crippen molar-refractivity contribution in [1.82, 2.24) is 5.32 Å². The minimum absolute atomic E-state index is 0.635. The first-order valence-electron chi connectivity index (χ1n) is 5.55. The number of hydrogen-bond acceptors (Lipinski definition) is 1. The number of allylic oxidation sites excluding steroid dienone is 3. The van der Waals surface area contributed by atoms with Crippen molar-refractivity contribution in [2.24, 2.45) is 0 Å². The molecule has 0 bridgehead atoms. The Hall–Kier alpha value is -1.71. The molecule has 4 heteroatoms. The van der Waals surface area contributed by atoms with E-state index >= 15 is 0 Å². The van der Waals surface area contributed by atoms with Gasteiger partial charge in [-0.25, -0.2) is 0 Å². The number of nitrogens with one attached hydrogen (secondary N) is 1. The average Bonchev–Trinajstić information content (AvgIpc) is 2.29. The Morgan fingerprint density at radius 2 is 1.61 bits per heavy atom. The highest BCUT2D eigenvalue weighted by Crippen LogP contribution is 2.29. The van der Waals surface area contributed by atoms with E-state index in [1.807, 2.05) is 26.0 Å². The Morgan fingerprint density at radius 1 is 1.06 bits per heavy atom. The van der Waals surface area contributed by atoms with Crippen molar-refractivity contribution in [3.8, 4) is 0 Å². The molecule has 98 valence electrons. The maximum Gasteiger partial charge on any atom is 0.416 e. The second-order valence-electron chi connectivity index (χ2n) is 4.15. The molecule has 0 heterocycles. The highest BCUT2D eigenvalue weighted by Gasteiger charge is 2.29. The van der Waals surface area contributed by atoms with Crippen LogP contribution >= 0.6 is 0 Å². The molecule has 0 aliphatic carbocycles. The number of hydrogen-bond donors (Lipinski definition) is 1. The molecule has 0 spiro atoms. The van der Waals surface area contributed by atoms with Crippen molar-refractivity contribution >= 4 is 5.70 Å². The standard InChI is InChI=1S/C14H16F3N/c1-10(2)4-9-13(18-3)11-5-7-12(8-6-11)14(15,16)17/h4-9,18H,1-3H3/b13-9-. The van der Waals surface area contributed by atoms with Gasteiger partial charge in [-0.05, 0) is 37.6 Å². The lowest BCUT2D eigenvalue weighted by Gasteiger charge is -2.09. The summed E-state index contributed by atoms with van der Waals surface area (Å²) in [6.45, 7) is 3.91. The van der Waals surface area contributed by atoms with E-state index in [9.17, 15) is 13.2 Å². The summed E-state index contributed by atoms with van der Waals surface area (Å²) in [5.41, 5.74) is 1.99. The van der Waals surface area contributed by atoms with Crippen molar-refractivity contribution in [2.45, 2.75) is 20.0 Å². The van der Waals surface area contributed by atoms with E-state index in [2.05, 4.69) is 5.32 Å². The van der Waals surface area contributed by atoms with E-state index in [1.165, 1.54) is 12.1 Å². The zero-order valence-corrected chi connectivity index (χ0v) is 10.6. The monoisotopic (exact) mass is 255 g/mol. The van der Waals surface area contributed by atoms with E-state index in [4.69, 9.17) is 0 Å². The fraction of sp³-hybridized carbons (Fsp3) is 0.286. The van der Waals surface area contributed by atoms with Gasteiger partial charge in [-0.2, -0.15) is 13.2 Å². The fourth-order valence-electron chi connectivity index (χ4n) is 1.41. The molecule has 1 aromatic rings. The van der Waals surface area contributed by atoms with Crippen LogP contribution < -0.4 is 5.32 Å². The van der Waals surface area contributed by atoms with E-state index in [1.54, 1.807) is 7.05 Å². The van der Waals surface area contributed by atoms with E-state index in [0.29, 0.717) is 0 Å². The van der Waals surface area contributed by atoms with Crippen LogP contribution in [0.3, 0.4) is 0 Å². The molecule has 1 nitrogen and oxygen atoms in total. The number of rotatable bonds is 3. The summed E-state index contributed by atoms with van der Waals surface area (Å²) in [7, 11) is 1.74. The molecule has 18 heavy (non-hydrogen) atoms. The van der Waals surface area contributed by atoms with Gasteiger partial charge in [0.1, 0.15) is 0 Å². The Morgan fingerprint density at radius 3 is 2.00 bits per heavy atom. The molecule has 0 aromatic heterocycles. The largest absolute Gasteiger partial charge is 0.416 e. The fourth-order valence-corrected chi connectivity index (χ4v) is 1.41. The van der Waals surface area contributed by atoms with Crippen LogP contribution in [0.4, 0.5) is 13.2 Å². The predicted octanol–water partition coefficient (Wildman–Crippen LogP) is 4.23. The van der Waals surface area contributed by atoms with Crippen LogP contribution in [0.15, 0.2) is 42.0 Å². The Labute approximate surface area is 105 Å². The van der Waals surface area contributed by atoms with E-state index < -0.39 is 11.7 Å². The number of halogens is 3. The highest BCUT2D eigenvalue weighted by atomic mass is 19.4. The predicted molar refractivity (Wildman–Crippen MR) is 67.9 cm³/mol. The summed E-state index contributed by atoms with van der Waals surface area (Å²) in [4.78, 5) is 0.